The van der Waals surface area contributed by atoms with Crippen molar-refractivity contribution in [1.29, 1.82) is 0 Å². The van der Waals surface area contributed by atoms with Crippen LogP contribution in [0.1, 0.15) is 49.2 Å². The van der Waals surface area contributed by atoms with Gasteiger partial charge in [-0.2, -0.15) is 4.98 Å². The van der Waals surface area contributed by atoms with Gasteiger partial charge in [-0.1, -0.05) is 57.0 Å². The average molecular weight is 444 g/mol. The summed E-state index contributed by atoms with van der Waals surface area (Å²) in [6.45, 7) is 4.99. The summed E-state index contributed by atoms with van der Waals surface area (Å²) in [7, 11) is 0. The molecule has 7 heteroatoms. The average Bonchev–Trinajstić information content (AvgIpc) is 3.45. The molecule has 1 aliphatic carbocycles. The molecule has 4 aromatic rings. The molecule has 1 fully saturated rings. The Kier molecular flexibility index (Phi) is 5.94. The minimum Gasteiger partial charge on any atom is -0.432 e. The zero-order valence-electron chi connectivity index (χ0n) is 19.1. The summed E-state index contributed by atoms with van der Waals surface area (Å²) < 4.78 is 7.33. The molecule has 3 atom stereocenters. The number of benzene rings is 1. The molecule has 0 bridgehead atoms. The van der Waals surface area contributed by atoms with E-state index >= 15 is 0 Å². The second kappa shape index (κ2) is 9.17. The Morgan fingerprint density at radius 1 is 1.18 bits per heavy atom. The van der Waals surface area contributed by atoms with Gasteiger partial charge in [-0.3, -0.25) is 9.20 Å². The van der Waals surface area contributed by atoms with E-state index in [1.54, 1.807) is 16.9 Å². The molecule has 0 amide bonds. The van der Waals surface area contributed by atoms with Crippen molar-refractivity contribution in [2.45, 2.75) is 39.5 Å². The Hall–Kier alpha value is -3.48. The minimum absolute atomic E-state index is 0.103. The van der Waals surface area contributed by atoms with Gasteiger partial charge in [0.2, 0.25) is 5.95 Å². The van der Waals surface area contributed by atoms with Crippen molar-refractivity contribution in [2.75, 3.05) is 11.9 Å². The molecule has 1 aliphatic rings. The zero-order chi connectivity index (χ0) is 22.8. The van der Waals surface area contributed by atoms with E-state index in [2.05, 4.69) is 34.1 Å². The maximum absolute atomic E-state index is 14.1. The van der Waals surface area contributed by atoms with Crippen LogP contribution in [-0.2, 0) is 6.42 Å². The van der Waals surface area contributed by atoms with E-state index in [9.17, 15) is 4.79 Å². The number of carbonyl (C=O) groups excluding carboxylic acids is 1. The van der Waals surface area contributed by atoms with Crippen molar-refractivity contribution in [3.63, 3.8) is 0 Å². The van der Waals surface area contributed by atoms with Crippen molar-refractivity contribution < 1.29 is 9.21 Å². The molecular formula is C26H29N5O2. The van der Waals surface area contributed by atoms with Gasteiger partial charge in [0.05, 0.1) is 0 Å². The number of aromatic nitrogens is 4. The lowest BCUT2D eigenvalue weighted by Gasteiger charge is -2.35. The molecule has 1 aromatic carbocycles. The number of imidazole rings is 1. The number of oxazole rings is 1. The topological polar surface area (TPSA) is 85.3 Å². The van der Waals surface area contributed by atoms with Crippen LogP contribution in [0, 0.1) is 17.8 Å². The summed E-state index contributed by atoms with van der Waals surface area (Å²) in [5.41, 5.74) is 3.32. The van der Waals surface area contributed by atoms with Gasteiger partial charge < -0.3 is 9.73 Å². The molecule has 170 valence electrons. The van der Waals surface area contributed by atoms with Gasteiger partial charge in [-0.25, -0.2) is 9.97 Å². The highest BCUT2D eigenvalue weighted by Crippen LogP contribution is 2.38. The number of nitrogens with one attached hydrogen (secondary N) is 1. The lowest BCUT2D eigenvalue weighted by molar-refractivity contribution is 0.0769. The van der Waals surface area contributed by atoms with Crippen LogP contribution in [0.4, 0.5) is 5.95 Å². The Balaban J connectivity index is 1.45. The number of anilines is 1. The van der Waals surface area contributed by atoms with Gasteiger partial charge in [0.25, 0.3) is 0 Å². The molecule has 7 nitrogen and oxygen atoms in total. The number of aryl methyl sites for hydroxylation is 1. The van der Waals surface area contributed by atoms with E-state index in [0.717, 1.165) is 36.8 Å². The lowest BCUT2D eigenvalue weighted by atomic mass is 9.70. The Morgan fingerprint density at radius 3 is 2.73 bits per heavy atom. The number of hydrogen-bond acceptors (Lipinski definition) is 6. The predicted octanol–water partition coefficient (Wildman–Crippen LogP) is 5.29. The number of Topliss-reactive ketones (excluding diaryl/α,β-unsaturated/α-hetero) is 1. The smallest absolute Gasteiger partial charge is 0.306 e. The van der Waals surface area contributed by atoms with Crippen molar-refractivity contribution in [1.82, 2.24) is 19.4 Å². The van der Waals surface area contributed by atoms with Crippen LogP contribution < -0.4 is 5.32 Å². The molecule has 5 rings (SSSR count). The fraction of sp³-hybridized carbons (Fsp3) is 0.385. The van der Waals surface area contributed by atoms with E-state index < -0.39 is 0 Å². The van der Waals surface area contributed by atoms with Crippen LogP contribution in [0.15, 0.2) is 59.6 Å². The van der Waals surface area contributed by atoms with Gasteiger partial charge in [-0.05, 0) is 30.2 Å². The summed E-state index contributed by atoms with van der Waals surface area (Å²) >= 11 is 0. The fourth-order valence-corrected chi connectivity index (χ4v) is 4.99. The Labute approximate surface area is 193 Å². The summed E-state index contributed by atoms with van der Waals surface area (Å²) in [6, 6.07) is 9.86. The van der Waals surface area contributed by atoms with E-state index in [1.807, 2.05) is 42.7 Å². The summed E-state index contributed by atoms with van der Waals surface area (Å²) in [5, 5.41) is 3.39. The highest BCUT2D eigenvalue weighted by molar-refractivity contribution is 6.02. The number of hydrogen-bond donors (Lipinski definition) is 1. The number of ketones is 1. The Morgan fingerprint density at radius 2 is 1.97 bits per heavy atom. The zero-order valence-corrected chi connectivity index (χ0v) is 19.1. The first kappa shape index (κ1) is 21.4. The molecule has 1 saturated carbocycles. The molecule has 0 aliphatic heterocycles. The molecule has 0 spiro atoms. The maximum atomic E-state index is 14.1. The van der Waals surface area contributed by atoms with Crippen LogP contribution >= 0.6 is 0 Å². The van der Waals surface area contributed by atoms with E-state index in [0.29, 0.717) is 35.6 Å². The second-order valence-electron chi connectivity index (χ2n) is 8.92. The fourth-order valence-electron chi connectivity index (χ4n) is 4.99. The maximum Gasteiger partial charge on any atom is 0.306 e. The first-order chi connectivity index (χ1) is 16.2. The van der Waals surface area contributed by atoms with Crippen LogP contribution in [0.5, 0.6) is 0 Å². The van der Waals surface area contributed by atoms with Gasteiger partial charge in [-0.15, -0.1) is 0 Å². The highest BCUT2D eigenvalue weighted by atomic mass is 16.3. The molecule has 3 aromatic heterocycles. The molecule has 1 N–H and O–H groups in total. The molecule has 0 saturated heterocycles. The van der Waals surface area contributed by atoms with E-state index in [4.69, 9.17) is 4.42 Å². The quantitative estimate of drug-likeness (QED) is 0.391. The van der Waals surface area contributed by atoms with Gasteiger partial charge in [0.15, 0.2) is 5.78 Å². The first-order valence-corrected chi connectivity index (χ1v) is 11.8. The SMILES string of the molecule is CCc1cnc(NC[C@H]2C(C(=O)c3c(-c4ccccc4)nc4occn34)CCC[C@H]2C)nc1. The lowest BCUT2D eigenvalue weighted by Crippen LogP contribution is -2.37. The number of carbonyl (C=O) groups is 1. The Bertz CT molecular complexity index is 1230. The van der Waals surface area contributed by atoms with Crippen LogP contribution in [0.3, 0.4) is 0 Å². The second-order valence-corrected chi connectivity index (χ2v) is 8.92. The predicted molar refractivity (Wildman–Crippen MR) is 127 cm³/mol. The monoisotopic (exact) mass is 443 g/mol. The molecule has 3 heterocycles. The van der Waals surface area contributed by atoms with Crippen LogP contribution in [0.25, 0.3) is 17.1 Å². The summed E-state index contributed by atoms with van der Waals surface area (Å²) in [4.78, 5) is 27.6. The normalized spacial score (nSPS) is 20.7. The van der Waals surface area contributed by atoms with Crippen molar-refractivity contribution in [3.05, 3.63) is 66.4 Å². The van der Waals surface area contributed by atoms with Crippen LogP contribution in [-0.4, -0.2) is 31.7 Å². The molecule has 1 unspecified atom stereocenters. The van der Waals surface area contributed by atoms with Gasteiger partial charge in [0.1, 0.15) is 17.7 Å². The number of rotatable bonds is 7. The highest BCUT2D eigenvalue weighted by Gasteiger charge is 2.38. The van der Waals surface area contributed by atoms with Gasteiger partial charge in [0, 0.05) is 36.6 Å². The van der Waals surface area contributed by atoms with E-state index in [1.165, 1.54) is 0 Å². The number of fused-ring (bicyclic) bond motifs is 1. The third kappa shape index (κ3) is 4.15. The minimum atomic E-state index is -0.103. The first-order valence-electron chi connectivity index (χ1n) is 11.8. The summed E-state index contributed by atoms with van der Waals surface area (Å²) in [6.07, 6.45) is 11.0. The van der Waals surface area contributed by atoms with Crippen LogP contribution in [0.2, 0.25) is 0 Å². The largest absolute Gasteiger partial charge is 0.432 e. The third-order valence-corrected chi connectivity index (χ3v) is 6.91. The third-order valence-electron chi connectivity index (χ3n) is 6.91. The molecular weight excluding hydrogens is 414 g/mol. The standard InChI is InChI=1S/C26H29N5O2/c1-3-18-14-27-25(28-15-18)29-16-21-17(2)8-7-11-20(21)24(32)23-22(19-9-5-4-6-10-19)30-26-31(23)12-13-33-26/h4-6,9-10,12-15,17,20-21H,3,7-8,11,16H2,1-2H3,(H,27,28,29)/t17-,20?,21-/m1/s1. The molecule has 0 radical (unpaired) electrons. The van der Waals surface area contributed by atoms with E-state index in [-0.39, 0.29) is 17.6 Å². The number of nitrogens with zero attached hydrogens (tertiary/aromatic N) is 4. The van der Waals surface area contributed by atoms with Gasteiger partial charge >= 0.3 is 5.84 Å². The van der Waals surface area contributed by atoms with Crippen molar-refractivity contribution >= 4 is 17.6 Å². The van der Waals surface area contributed by atoms with Crippen molar-refractivity contribution in [3.8, 4) is 11.3 Å². The van der Waals surface area contributed by atoms with Crippen molar-refractivity contribution in [2.24, 2.45) is 17.8 Å². The summed E-state index contributed by atoms with van der Waals surface area (Å²) in [5.74, 6) is 1.68. The molecule has 33 heavy (non-hydrogen) atoms.